The summed E-state index contributed by atoms with van der Waals surface area (Å²) in [6.07, 6.45) is 3.28. The van der Waals surface area contributed by atoms with Gasteiger partial charge in [0.2, 0.25) is 5.95 Å². The van der Waals surface area contributed by atoms with E-state index in [0.717, 1.165) is 5.56 Å². The third kappa shape index (κ3) is 2.13. The summed E-state index contributed by atoms with van der Waals surface area (Å²) < 4.78 is 1.50. The maximum Gasteiger partial charge on any atom is 0.271 e. The molecule has 2 heterocycles. The maximum absolute atomic E-state index is 11.4. The number of nitrogens with zero attached hydrogens (tertiary/aromatic N) is 4. The van der Waals surface area contributed by atoms with Crippen LogP contribution >= 0.6 is 0 Å². The molecule has 4 N–H and O–H groups in total. The fourth-order valence-electron chi connectivity index (χ4n) is 1.43. The molecule has 2 aromatic heterocycles. The number of carbonyl (C=O) groups excluding carboxylic acids is 1. The summed E-state index contributed by atoms with van der Waals surface area (Å²) in [7, 11) is 1.55. The van der Waals surface area contributed by atoms with Gasteiger partial charge in [0, 0.05) is 25.0 Å². The van der Waals surface area contributed by atoms with E-state index in [4.69, 9.17) is 5.84 Å². The zero-order chi connectivity index (χ0) is 13.1. The van der Waals surface area contributed by atoms with Gasteiger partial charge in [-0.25, -0.2) is 15.5 Å². The van der Waals surface area contributed by atoms with Crippen LogP contribution in [0.15, 0.2) is 18.5 Å². The molecule has 0 bridgehead atoms. The molecule has 2 aromatic rings. The molecule has 8 heteroatoms. The lowest BCUT2D eigenvalue weighted by atomic mass is 10.3. The predicted octanol–water partition coefficient (Wildman–Crippen LogP) is -0.384. The minimum atomic E-state index is -0.252. The molecule has 0 spiro atoms. The summed E-state index contributed by atoms with van der Waals surface area (Å²) in [6, 6.07) is 1.61. The van der Waals surface area contributed by atoms with Crippen LogP contribution in [-0.4, -0.2) is 32.7 Å². The smallest absolute Gasteiger partial charge is 0.271 e. The van der Waals surface area contributed by atoms with Crippen molar-refractivity contribution in [1.29, 1.82) is 0 Å². The van der Waals surface area contributed by atoms with E-state index in [1.165, 1.54) is 4.68 Å². The number of hydrogen-bond donors (Lipinski definition) is 3. The zero-order valence-electron chi connectivity index (χ0n) is 10.0. The molecule has 0 saturated heterocycles. The van der Waals surface area contributed by atoms with E-state index in [2.05, 4.69) is 25.8 Å². The number of rotatable bonds is 3. The standard InChI is InChI=1S/C10H13N7O/c1-6-5-13-10(15-11)14-8(6)17-4-3-7(16-17)9(18)12-2/h3-5H,11H2,1-2H3,(H,12,18)(H,13,14,15). The van der Waals surface area contributed by atoms with Gasteiger partial charge >= 0.3 is 0 Å². The quantitative estimate of drug-likeness (QED) is 0.503. The Morgan fingerprint density at radius 3 is 2.94 bits per heavy atom. The number of hydrazine groups is 1. The van der Waals surface area contributed by atoms with E-state index < -0.39 is 0 Å². The largest absolute Gasteiger partial charge is 0.354 e. The number of anilines is 1. The molecular weight excluding hydrogens is 234 g/mol. The zero-order valence-corrected chi connectivity index (χ0v) is 10.0. The predicted molar refractivity (Wildman–Crippen MR) is 65.1 cm³/mol. The highest BCUT2D eigenvalue weighted by Crippen LogP contribution is 2.11. The fraction of sp³-hybridized carbons (Fsp3) is 0.200. The van der Waals surface area contributed by atoms with Gasteiger partial charge in [0.15, 0.2) is 11.5 Å². The summed E-state index contributed by atoms with van der Waals surface area (Å²) in [5.74, 6) is 5.85. The molecule has 1 amide bonds. The van der Waals surface area contributed by atoms with Crippen molar-refractivity contribution in [2.45, 2.75) is 6.92 Å². The first-order valence-corrected chi connectivity index (χ1v) is 5.24. The number of aryl methyl sites for hydroxylation is 1. The lowest BCUT2D eigenvalue weighted by Crippen LogP contribution is -2.19. The first-order valence-electron chi connectivity index (χ1n) is 5.24. The van der Waals surface area contributed by atoms with Crippen molar-refractivity contribution in [2.24, 2.45) is 5.84 Å². The van der Waals surface area contributed by atoms with Gasteiger partial charge in [0.25, 0.3) is 5.91 Å². The Morgan fingerprint density at radius 1 is 1.50 bits per heavy atom. The van der Waals surface area contributed by atoms with Crippen LogP contribution < -0.4 is 16.6 Å². The second-order valence-corrected chi connectivity index (χ2v) is 3.57. The van der Waals surface area contributed by atoms with Crippen LogP contribution in [-0.2, 0) is 0 Å². The van der Waals surface area contributed by atoms with Crippen molar-refractivity contribution in [1.82, 2.24) is 25.1 Å². The Balaban J connectivity index is 2.42. The Hall–Kier alpha value is -2.48. The third-order valence-corrected chi connectivity index (χ3v) is 2.34. The Labute approximate surface area is 103 Å². The van der Waals surface area contributed by atoms with E-state index in [1.807, 2.05) is 6.92 Å². The topological polar surface area (TPSA) is 111 Å². The van der Waals surface area contributed by atoms with Crippen LogP contribution in [0, 0.1) is 6.92 Å². The van der Waals surface area contributed by atoms with E-state index in [9.17, 15) is 4.79 Å². The van der Waals surface area contributed by atoms with Crippen molar-refractivity contribution in [3.8, 4) is 5.82 Å². The second-order valence-electron chi connectivity index (χ2n) is 3.57. The summed E-state index contributed by atoms with van der Waals surface area (Å²) in [5, 5.41) is 6.64. The van der Waals surface area contributed by atoms with E-state index in [1.54, 1.807) is 25.5 Å². The molecule has 0 saturated carbocycles. The lowest BCUT2D eigenvalue weighted by molar-refractivity contribution is 0.0957. The number of nitrogen functional groups attached to an aromatic ring is 1. The number of nitrogens with two attached hydrogens (primary N) is 1. The lowest BCUT2D eigenvalue weighted by Gasteiger charge is -2.06. The summed E-state index contributed by atoms with van der Waals surface area (Å²) in [6.45, 7) is 1.84. The number of nitrogens with one attached hydrogen (secondary N) is 2. The van der Waals surface area contributed by atoms with Crippen LogP contribution in [0.1, 0.15) is 16.1 Å². The van der Waals surface area contributed by atoms with Gasteiger partial charge in [-0.2, -0.15) is 10.1 Å². The molecule has 0 radical (unpaired) electrons. The molecule has 0 aliphatic rings. The van der Waals surface area contributed by atoms with Gasteiger partial charge in [-0.05, 0) is 13.0 Å². The average molecular weight is 247 g/mol. The van der Waals surface area contributed by atoms with Gasteiger partial charge in [0.05, 0.1) is 0 Å². The number of carbonyl (C=O) groups is 1. The minimum absolute atomic E-state index is 0.252. The normalized spacial score (nSPS) is 10.2. The van der Waals surface area contributed by atoms with Crippen LogP contribution in [0.4, 0.5) is 5.95 Å². The molecule has 0 aliphatic heterocycles. The highest BCUT2D eigenvalue weighted by molar-refractivity contribution is 5.91. The molecular formula is C10H13N7O. The molecule has 0 aromatic carbocycles. The fourth-order valence-corrected chi connectivity index (χ4v) is 1.43. The molecule has 18 heavy (non-hydrogen) atoms. The number of aromatic nitrogens is 4. The van der Waals surface area contributed by atoms with Gasteiger partial charge in [0.1, 0.15) is 0 Å². The first-order chi connectivity index (χ1) is 8.65. The molecule has 0 fully saturated rings. The summed E-state index contributed by atoms with van der Waals surface area (Å²) in [5.41, 5.74) is 3.50. The van der Waals surface area contributed by atoms with E-state index in [-0.39, 0.29) is 11.9 Å². The van der Waals surface area contributed by atoms with Crippen LogP contribution in [0.5, 0.6) is 0 Å². The van der Waals surface area contributed by atoms with E-state index in [0.29, 0.717) is 11.5 Å². The maximum atomic E-state index is 11.4. The van der Waals surface area contributed by atoms with Gasteiger partial charge in [-0.1, -0.05) is 0 Å². The van der Waals surface area contributed by atoms with Gasteiger partial charge < -0.3 is 5.32 Å². The monoisotopic (exact) mass is 247 g/mol. The van der Waals surface area contributed by atoms with Gasteiger partial charge in [-0.3, -0.25) is 10.2 Å². The molecule has 8 nitrogen and oxygen atoms in total. The van der Waals surface area contributed by atoms with Crippen LogP contribution in [0.3, 0.4) is 0 Å². The first kappa shape index (κ1) is 12.0. The van der Waals surface area contributed by atoms with Crippen molar-refractivity contribution in [3.63, 3.8) is 0 Å². The van der Waals surface area contributed by atoms with Crippen molar-refractivity contribution in [2.75, 3.05) is 12.5 Å². The molecule has 0 atom stereocenters. The van der Waals surface area contributed by atoms with Crippen LogP contribution in [0.25, 0.3) is 5.82 Å². The summed E-state index contributed by atoms with van der Waals surface area (Å²) >= 11 is 0. The Bertz CT molecular complexity index is 577. The number of amides is 1. The summed E-state index contributed by atoms with van der Waals surface area (Å²) in [4.78, 5) is 19.6. The molecule has 94 valence electrons. The molecule has 2 rings (SSSR count). The Kier molecular flexibility index (Phi) is 3.20. The number of hydrogen-bond acceptors (Lipinski definition) is 6. The van der Waals surface area contributed by atoms with Crippen molar-refractivity contribution < 1.29 is 4.79 Å². The highest BCUT2D eigenvalue weighted by Gasteiger charge is 2.11. The van der Waals surface area contributed by atoms with E-state index >= 15 is 0 Å². The van der Waals surface area contributed by atoms with Crippen molar-refractivity contribution >= 4 is 11.9 Å². The average Bonchev–Trinajstić information content (AvgIpc) is 2.88. The second kappa shape index (κ2) is 4.80. The van der Waals surface area contributed by atoms with Crippen LogP contribution in [0.2, 0.25) is 0 Å². The molecule has 0 aliphatic carbocycles. The highest BCUT2D eigenvalue weighted by atomic mass is 16.1. The third-order valence-electron chi connectivity index (χ3n) is 2.34. The minimum Gasteiger partial charge on any atom is -0.354 e. The Morgan fingerprint density at radius 2 is 2.28 bits per heavy atom. The SMILES string of the molecule is CNC(=O)c1ccn(-c2nc(NN)ncc2C)n1. The van der Waals surface area contributed by atoms with Crippen molar-refractivity contribution in [3.05, 3.63) is 29.7 Å². The molecule has 0 unspecified atom stereocenters. The van der Waals surface area contributed by atoms with Gasteiger partial charge in [-0.15, -0.1) is 0 Å².